The Labute approximate surface area is 118 Å². The quantitative estimate of drug-likeness (QED) is 0.717. The van der Waals surface area contributed by atoms with Crippen molar-refractivity contribution in [1.82, 2.24) is 9.80 Å². The molecule has 0 amide bonds. The van der Waals surface area contributed by atoms with Gasteiger partial charge in [-0.05, 0) is 81.8 Å². The summed E-state index contributed by atoms with van der Waals surface area (Å²) in [5.74, 6) is 3.13. The Morgan fingerprint density at radius 2 is 1.53 bits per heavy atom. The Morgan fingerprint density at radius 1 is 0.947 bits per heavy atom. The van der Waals surface area contributed by atoms with Crippen molar-refractivity contribution in [3.05, 3.63) is 0 Å². The fraction of sp³-hybridized carbons (Fsp3) is 1.00. The second kappa shape index (κ2) is 4.46. The summed E-state index contributed by atoms with van der Waals surface area (Å²) >= 11 is 0. The van der Waals surface area contributed by atoms with Gasteiger partial charge in [-0.15, -0.1) is 0 Å². The number of nitrogens with zero attached hydrogens (tertiary/aromatic N) is 2. The van der Waals surface area contributed by atoms with Crippen LogP contribution in [0.3, 0.4) is 0 Å². The minimum Gasteiger partial charge on any atom is -0.306 e. The second-order valence-corrected chi connectivity index (χ2v) is 8.42. The molecule has 2 aliphatic carbocycles. The van der Waals surface area contributed by atoms with Gasteiger partial charge in [0.1, 0.15) is 0 Å². The summed E-state index contributed by atoms with van der Waals surface area (Å²) in [5, 5.41) is 0. The van der Waals surface area contributed by atoms with Gasteiger partial charge in [-0.1, -0.05) is 6.92 Å². The predicted octanol–water partition coefficient (Wildman–Crippen LogP) is 2.84. The lowest BCUT2D eigenvalue weighted by Crippen LogP contribution is -2.54. The van der Waals surface area contributed by atoms with Crippen LogP contribution in [0.4, 0.5) is 0 Å². The van der Waals surface area contributed by atoms with Crippen molar-refractivity contribution in [3.8, 4) is 0 Å². The molecular formula is C17H30N2. The molecule has 2 nitrogen and oxygen atoms in total. The van der Waals surface area contributed by atoms with Crippen LogP contribution >= 0.6 is 0 Å². The highest BCUT2D eigenvalue weighted by Crippen LogP contribution is 2.53. The number of rotatable bonds is 1. The van der Waals surface area contributed by atoms with E-state index in [2.05, 4.69) is 23.8 Å². The molecule has 2 atom stereocenters. The average Bonchev–Trinajstić information content (AvgIpc) is 2.84. The van der Waals surface area contributed by atoms with Gasteiger partial charge < -0.3 is 4.90 Å². The first-order valence-corrected chi connectivity index (χ1v) is 8.56. The van der Waals surface area contributed by atoms with E-state index in [0.29, 0.717) is 0 Å². The molecular weight excluding hydrogens is 232 g/mol. The third kappa shape index (κ3) is 2.15. The lowest BCUT2D eigenvalue weighted by Gasteiger charge is -2.54. The highest BCUT2D eigenvalue weighted by Gasteiger charge is 2.50. The Kier molecular flexibility index (Phi) is 2.97. The normalized spacial score (nSPS) is 43.6. The molecule has 108 valence electrons. The smallest absolute Gasteiger partial charge is 0.0106 e. The van der Waals surface area contributed by atoms with E-state index in [9.17, 15) is 0 Å². The predicted molar refractivity (Wildman–Crippen MR) is 79.1 cm³/mol. The van der Waals surface area contributed by atoms with Crippen molar-refractivity contribution in [3.63, 3.8) is 0 Å². The van der Waals surface area contributed by atoms with Gasteiger partial charge >= 0.3 is 0 Å². The van der Waals surface area contributed by atoms with Crippen LogP contribution in [0.1, 0.15) is 45.4 Å². The fourth-order valence-electron chi connectivity index (χ4n) is 5.64. The zero-order valence-corrected chi connectivity index (χ0v) is 12.8. The van der Waals surface area contributed by atoms with E-state index in [1.54, 1.807) is 0 Å². The minimum atomic E-state index is 0.766. The molecule has 0 aromatic carbocycles. The summed E-state index contributed by atoms with van der Waals surface area (Å²) in [6.07, 6.45) is 9.02. The van der Waals surface area contributed by atoms with Crippen LogP contribution in [0.25, 0.3) is 0 Å². The first-order valence-electron chi connectivity index (χ1n) is 8.56. The largest absolute Gasteiger partial charge is 0.306 e. The first-order chi connectivity index (χ1) is 9.13. The van der Waals surface area contributed by atoms with Gasteiger partial charge in [-0.2, -0.15) is 0 Å². The van der Waals surface area contributed by atoms with E-state index in [-0.39, 0.29) is 0 Å². The van der Waals surface area contributed by atoms with E-state index in [4.69, 9.17) is 0 Å². The minimum absolute atomic E-state index is 0.766. The van der Waals surface area contributed by atoms with Gasteiger partial charge in [0.2, 0.25) is 0 Å². The Balaban J connectivity index is 1.30. The van der Waals surface area contributed by atoms with E-state index in [0.717, 1.165) is 29.2 Å². The van der Waals surface area contributed by atoms with Crippen molar-refractivity contribution >= 4 is 0 Å². The molecule has 0 N–H and O–H groups in total. The molecule has 19 heavy (non-hydrogen) atoms. The molecule has 4 aliphatic rings. The maximum atomic E-state index is 2.88. The average molecular weight is 262 g/mol. The van der Waals surface area contributed by atoms with Crippen LogP contribution in [-0.2, 0) is 0 Å². The van der Waals surface area contributed by atoms with Crippen molar-refractivity contribution in [2.45, 2.75) is 51.5 Å². The topological polar surface area (TPSA) is 6.48 Å². The van der Waals surface area contributed by atoms with Crippen molar-refractivity contribution in [1.29, 1.82) is 0 Å². The van der Waals surface area contributed by atoms with Gasteiger partial charge in [0.05, 0.1) is 0 Å². The zero-order valence-electron chi connectivity index (χ0n) is 12.8. The van der Waals surface area contributed by atoms with Gasteiger partial charge in [-0.3, -0.25) is 4.90 Å². The van der Waals surface area contributed by atoms with Crippen molar-refractivity contribution in [2.75, 3.05) is 33.2 Å². The molecule has 1 spiro atoms. The number of piperidine rings is 1. The summed E-state index contributed by atoms with van der Waals surface area (Å²) in [6.45, 7) is 8.02. The van der Waals surface area contributed by atoms with Crippen LogP contribution in [0.5, 0.6) is 0 Å². The molecule has 2 heteroatoms. The number of fused-ring (bicyclic) bond motifs is 1. The highest BCUT2D eigenvalue weighted by molar-refractivity contribution is 5.04. The van der Waals surface area contributed by atoms with Gasteiger partial charge in [0, 0.05) is 19.1 Å². The summed E-state index contributed by atoms with van der Waals surface area (Å²) in [6, 6.07) is 0.962. The monoisotopic (exact) mass is 262 g/mol. The third-order valence-electron chi connectivity index (χ3n) is 6.92. The molecule has 2 aliphatic heterocycles. The molecule has 2 heterocycles. The van der Waals surface area contributed by atoms with E-state index in [1.807, 2.05) is 0 Å². The molecule has 4 fully saturated rings. The highest BCUT2D eigenvalue weighted by atomic mass is 15.2. The van der Waals surface area contributed by atoms with Gasteiger partial charge in [-0.25, -0.2) is 0 Å². The van der Waals surface area contributed by atoms with E-state index >= 15 is 0 Å². The van der Waals surface area contributed by atoms with Crippen molar-refractivity contribution < 1.29 is 0 Å². The Hall–Kier alpha value is -0.0800. The van der Waals surface area contributed by atoms with Gasteiger partial charge in [0.25, 0.3) is 0 Å². The van der Waals surface area contributed by atoms with Crippen LogP contribution in [0, 0.1) is 23.2 Å². The van der Waals surface area contributed by atoms with Crippen molar-refractivity contribution in [2.24, 2.45) is 23.2 Å². The summed E-state index contributed by atoms with van der Waals surface area (Å²) in [5.41, 5.74) is 0.766. The third-order valence-corrected chi connectivity index (χ3v) is 6.92. The molecule has 2 saturated heterocycles. The van der Waals surface area contributed by atoms with E-state index in [1.165, 1.54) is 64.7 Å². The SMILES string of the molecule is CC1CC2CN(C3CC4(CCN(C)CC4)C3)CC2C1. The number of hydrogen-bond donors (Lipinski definition) is 0. The maximum Gasteiger partial charge on any atom is 0.0106 e. The first kappa shape index (κ1) is 12.6. The summed E-state index contributed by atoms with van der Waals surface area (Å²) < 4.78 is 0. The van der Waals surface area contributed by atoms with Crippen LogP contribution in [-0.4, -0.2) is 49.1 Å². The fourth-order valence-corrected chi connectivity index (χ4v) is 5.64. The second-order valence-electron chi connectivity index (χ2n) is 8.42. The van der Waals surface area contributed by atoms with Gasteiger partial charge in [0.15, 0.2) is 0 Å². The molecule has 0 bridgehead atoms. The Morgan fingerprint density at radius 3 is 2.11 bits per heavy atom. The maximum absolute atomic E-state index is 2.88. The molecule has 0 radical (unpaired) electrons. The Bertz CT molecular complexity index is 323. The van der Waals surface area contributed by atoms with Crippen LogP contribution in [0.2, 0.25) is 0 Å². The van der Waals surface area contributed by atoms with E-state index < -0.39 is 0 Å². The lowest BCUT2D eigenvalue weighted by atomic mass is 9.60. The zero-order chi connectivity index (χ0) is 13.0. The molecule has 4 rings (SSSR count). The molecule has 0 aromatic heterocycles. The summed E-state index contributed by atoms with van der Waals surface area (Å²) in [7, 11) is 2.28. The molecule has 2 unspecified atom stereocenters. The standard InChI is InChI=1S/C17H30N2/c1-13-7-14-11-19(12-15(14)8-13)16-9-17(10-16)3-5-18(2)6-4-17/h13-16H,3-12H2,1-2H3. The van der Waals surface area contributed by atoms with Crippen LogP contribution in [0.15, 0.2) is 0 Å². The summed E-state index contributed by atoms with van der Waals surface area (Å²) in [4.78, 5) is 5.39. The lowest BCUT2D eigenvalue weighted by molar-refractivity contribution is -0.0337. The number of likely N-dealkylation sites (tertiary alicyclic amines) is 2. The molecule has 2 saturated carbocycles. The van der Waals surface area contributed by atoms with Crippen LogP contribution < -0.4 is 0 Å². The number of hydrogen-bond acceptors (Lipinski definition) is 2. The molecule has 0 aromatic rings.